The van der Waals surface area contributed by atoms with Gasteiger partial charge in [0, 0.05) is 0 Å². The summed E-state index contributed by atoms with van der Waals surface area (Å²) in [5.41, 5.74) is 5.16. The molecule has 0 bridgehead atoms. The van der Waals surface area contributed by atoms with E-state index in [4.69, 9.17) is 10.5 Å². The number of aromatic nitrogens is 1. The van der Waals surface area contributed by atoms with Crippen LogP contribution < -0.4 is 10.6 Å². The molecule has 0 unspecified atom stereocenters. The first-order chi connectivity index (χ1) is 13.6. The molecule has 0 aliphatic carbocycles. The van der Waals surface area contributed by atoms with Gasteiger partial charge in [-0.25, -0.2) is 9.78 Å². The summed E-state index contributed by atoms with van der Waals surface area (Å²) in [7, 11) is 0. The number of rotatable bonds is 4. The van der Waals surface area contributed by atoms with Crippen molar-refractivity contribution >= 4 is 29.2 Å². The number of carbonyl (C=O) groups excluding carboxylic acids is 3. The zero-order valence-corrected chi connectivity index (χ0v) is 15.5. The summed E-state index contributed by atoms with van der Waals surface area (Å²) in [6, 6.07) is 4.19. The van der Waals surface area contributed by atoms with Crippen LogP contribution in [0.4, 0.5) is 24.7 Å². The van der Waals surface area contributed by atoms with Crippen molar-refractivity contribution in [3.63, 3.8) is 0 Å². The molecule has 0 spiro atoms. The quantitative estimate of drug-likeness (QED) is 0.618. The van der Waals surface area contributed by atoms with Gasteiger partial charge in [0.25, 0.3) is 5.78 Å². The lowest BCUT2D eigenvalue weighted by Gasteiger charge is -2.18. The topological polar surface area (TPSA) is 103 Å². The summed E-state index contributed by atoms with van der Waals surface area (Å²) in [4.78, 5) is 42.2. The summed E-state index contributed by atoms with van der Waals surface area (Å²) in [5.74, 6) is -2.68. The Balaban J connectivity index is 2.00. The second-order valence-corrected chi connectivity index (χ2v) is 6.32. The van der Waals surface area contributed by atoms with Crippen molar-refractivity contribution in [3.8, 4) is 0 Å². The summed E-state index contributed by atoms with van der Waals surface area (Å²) in [6.07, 6.45) is -4.48. The van der Waals surface area contributed by atoms with Gasteiger partial charge in [-0.2, -0.15) is 13.2 Å². The summed E-state index contributed by atoms with van der Waals surface area (Å²) < 4.78 is 43.0. The molecular formula is C19H16F3N3O4. The van der Waals surface area contributed by atoms with Crippen LogP contribution in [0, 0.1) is 6.92 Å². The van der Waals surface area contributed by atoms with E-state index in [2.05, 4.69) is 4.98 Å². The molecule has 3 rings (SSSR count). The van der Waals surface area contributed by atoms with Gasteiger partial charge in [-0.05, 0) is 31.5 Å². The number of aryl methyl sites for hydroxylation is 1. The highest BCUT2D eigenvalue weighted by Gasteiger charge is 2.41. The smallest absolute Gasteiger partial charge is 0.416 e. The van der Waals surface area contributed by atoms with Crippen LogP contribution in [-0.2, 0) is 22.3 Å². The maximum Gasteiger partial charge on any atom is 0.416 e. The minimum absolute atomic E-state index is 0.0389. The van der Waals surface area contributed by atoms with Gasteiger partial charge in [0.15, 0.2) is 0 Å². The molecule has 0 atom stereocenters. The number of hydrogen-bond donors (Lipinski definition) is 1. The number of nitrogens with zero attached hydrogens (tertiary/aromatic N) is 2. The molecule has 1 aromatic carbocycles. The van der Waals surface area contributed by atoms with E-state index in [1.807, 2.05) is 0 Å². The number of benzene rings is 1. The van der Waals surface area contributed by atoms with E-state index in [1.54, 1.807) is 6.92 Å². The van der Waals surface area contributed by atoms with E-state index < -0.39 is 29.4 Å². The van der Waals surface area contributed by atoms with E-state index in [0.717, 1.165) is 17.0 Å². The minimum atomic E-state index is -4.48. The van der Waals surface area contributed by atoms with Gasteiger partial charge in [-0.3, -0.25) is 14.5 Å². The molecule has 29 heavy (non-hydrogen) atoms. The van der Waals surface area contributed by atoms with Crippen LogP contribution in [0.2, 0.25) is 0 Å². The number of esters is 1. The lowest BCUT2D eigenvalue weighted by Crippen LogP contribution is -2.29. The number of fused-ring (bicyclic) bond motifs is 1. The number of ketones is 1. The maximum absolute atomic E-state index is 12.7. The molecule has 152 valence electrons. The number of Topliss-reactive ketones (excluding diaryl/α,β-unsaturated/α-hetero) is 1. The third kappa shape index (κ3) is 3.53. The predicted octanol–water partition coefficient (Wildman–Crippen LogP) is 2.90. The largest absolute Gasteiger partial charge is 0.462 e. The molecule has 0 radical (unpaired) electrons. The Morgan fingerprint density at radius 3 is 2.38 bits per heavy atom. The number of ether oxygens (including phenoxy) is 1. The van der Waals surface area contributed by atoms with Crippen LogP contribution in [0.1, 0.15) is 44.5 Å². The van der Waals surface area contributed by atoms with Crippen molar-refractivity contribution < 1.29 is 32.3 Å². The molecule has 2 N–H and O–H groups in total. The van der Waals surface area contributed by atoms with E-state index >= 15 is 0 Å². The SMILES string of the molecule is CCOC(=O)c1c(C)nc2c(c1N)C(=O)C(=O)N2Cc1ccc(C(F)(F)F)cc1. The first-order valence-corrected chi connectivity index (χ1v) is 8.55. The molecule has 1 aliphatic rings. The molecule has 1 aliphatic heterocycles. The zero-order chi connectivity index (χ0) is 21.5. The van der Waals surface area contributed by atoms with Crippen molar-refractivity contribution in [1.82, 2.24) is 4.98 Å². The van der Waals surface area contributed by atoms with Gasteiger partial charge in [0.2, 0.25) is 0 Å². The molecule has 0 saturated heterocycles. The number of nitrogens with two attached hydrogens (primary N) is 1. The van der Waals surface area contributed by atoms with Gasteiger partial charge in [-0.1, -0.05) is 12.1 Å². The molecule has 1 amide bonds. The van der Waals surface area contributed by atoms with E-state index in [-0.39, 0.29) is 41.5 Å². The number of carbonyl (C=O) groups is 3. The molecule has 2 heterocycles. The number of amides is 1. The molecular weight excluding hydrogens is 391 g/mol. The number of pyridine rings is 1. The van der Waals surface area contributed by atoms with E-state index in [1.165, 1.54) is 19.1 Å². The Morgan fingerprint density at radius 1 is 1.21 bits per heavy atom. The summed E-state index contributed by atoms with van der Waals surface area (Å²) in [6.45, 7) is 2.99. The van der Waals surface area contributed by atoms with Crippen LogP contribution in [0.3, 0.4) is 0 Å². The predicted molar refractivity (Wildman–Crippen MR) is 96.3 cm³/mol. The molecule has 0 saturated carbocycles. The standard InChI is InChI=1S/C19H16F3N3O4/c1-3-29-18(28)12-9(2)24-16-13(14(12)23)15(26)17(27)25(16)8-10-4-6-11(7-5-10)19(20,21)22/h4-7H,3,8H2,1-2H3,(H2,23,24). The number of anilines is 2. The Kier molecular flexibility index (Phi) is 5.04. The fourth-order valence-corrected chi connectivity index (χ4v) is 3.05. The third-order valence-electron chi connectivity index (χ3n) is 4.42. The first kappa shape index (κ1) is 20.3. The van der Waals surface area contributed by atoms with Crippen molar-refractivity contribution in [2.45, 2.75) is 26.6 Å². The Hall–Kier alpha value is -3.43. The Morgan fingerprint density at radius 2 is 1.83 bits per heavy atom. The lowest BCUT2D eigenvalue weighted by atomic mass is 10.1. The highest BCUT2D eigenvalue weighted by molar-refractivity contribution is 6.53. The monoisotopic (exact) mass is 407 g/mol. The van der Waals surface area contributed by atoms with Crippen molar-refractivity contribution in [2.24, 2.45) is 0 Å². The normalized spacial score (nSPS) is 13.6. The van der Waals surface area contributed by atoms with Crippen LogP contribution in [0.25, 0.3) is 0 Å². The molecule has 0 fully saturated rings. The second-order valence-electron chi connectivity index (χ2n) is 6.32. The number of hydrogen-bond acceptors (Lipinski definition) is 6. The lowest BCUT2D eigenvalue weighted by molar-refractivity contribution is -0.137. The second kappa shape index (κ2) is 7.19. The Labute approximate surface area is 163 Å². The van der Waals surface area contributed by atoms with Gasteiger partial charge in [-0.15, -0.1) is 0 Å². The van der Waals surface area contributed by atoms with Crippen LogP contribution in [0.5, 0.6) is 0 Å². The van der Waals surface area contributed by atoms with Crippen molar-refractivity contribution in [1.29, 1.82) is 0 Å². The maximum atomic E-state index is 12.7. The Bertz CT molecular complexity index is 1020. The molecule has 1 aromatic heterocycles. The van der Waals surface area contributed by atoms with Gasteiger partial charge in [0.1, 0.15) is 11.4 Å². The number of nitrogen functional groups attached to an aromatic ring is 1. The number of alkyl halides is 3. The average molecular weight is 407 g/mol. The molecule has 2 aromatic rings. The highest BCUT2D eigenvalue weighted by Crippen LogP contribution is 2.36. The van der Waals surface area contributed by atoms with Gasteiger partial charge in [0.05, 0.1) is 35.7 Å². The van der Waals surface area contributed by atoms with Gasteiger partial charge >= 0.3 is 18.1 Å². The van der Waals surface area contributed by atoms with Crippen molar-refractivity contribution in [2.75, 3.05) is 17.2 Å². The fraction of sp³-hybridized carbons (Fsp3) is 0.263. The van der Waals surface area contributed by atoms with Crippen LogP contribution in [0.15, 0.2) is 24.3 Å². The summed E-state index contributed by atoms with van der Waals surface area (Å²) >= 11 is 0. The van der Waals surface area contributed by atoms with Gasteiger partial charge < -0.3 is 10.5 Å². The highest BCUT2D eigenvalue weighted by atomic mass is 19.4. The third-order valence-corrected chi connectivity index (χ3v) is 4.42. The molecule has 7 nitrogen and oxygen atoms in total. The number of halogens is 3. The first-order valence-electron chi connectivity index (χ1n) is 8.55. The zero-order valence-electron chi connectivity index (χ0n) is 15.5. The van der Waals surface area contributed by atoms with Crippen molar-refractivity contribution in [3.05, 3.63) is 52.2 Å². The van der Waals surface area contributed by atoms with E-state index in [0.29, 0.717) is 5.56 Å². The van der Waals surface area contributed by atoms with Crippen LogP contribution in [-0.4, -0.2) is 29.3 Å². The summed E-state index contributed by atoms with van der Waals surface area (Å²) in [5, 5.41) is 0. The van der Waals surface area contributed by atoms with E-state index in [9.17, 15) is 27.6 Å². The molecule has 10 heteroatoms. The van der Waals surface area contributed by atoms with Crippen LogP contribution >= 0.6 is 0 Å². The fourth-order valence-electron chi connectivity index (χ4n) is 3.05. The average Bonchev–Trinajstić information content (AvgIpc) is 2.86. The minimum Gasteiger partial charge on any atom is -0.462 e.